The van der Waals surface area contributed by atoms with Crippen LogP contribution in [-0.4, -0.2) is 5.11 Å². The van der Waals surface area contributed by atoms with E-state index in [1.165, 1.54) is 0 Å². The molecule has 0 aliphatic heterocycles. The number of hydrogen-bond donors (Lipinski definition) is 1. The second-order valence-corrected chi connectivity index (χ2v) is 3.84. The van der Waals surface area contributed by atoms with E-state index in [2.05, 4.69) is 15.9 Å². The maximum Gasteiger partial charge on any atom is 0.0790 e. The Bertz CT molecular complexity index is 271. The molecule has 66 valence electrons. The Morgan fingerprint density at radius 2 is 2.17 bits per heavy atom. The number of hydrogen-bond acceptors (Lipinski definition) is 1. The summed E-state index contributed by atoms with van der Waals surface area (Å²) >= 11 is 3.38. The lowest BCUT2D eigenvalue weighted by molar-refractivity contribution is 0.173. The van der Waals surface area contributed by atoms with Gasteiger partial charge in [-0.1, -0.05) is 28.9 Å². The molecule has 0 aliphatic rings. The molecule has 0 aromatic heterocycles. The summed E-state index contributed by atoms with van der Waals surface area (Å²) in [6, 6.07) is 5.98. The molecule has 0 bridgehead atoms. The van der Waals surface area contributed by atoms with E-state index in [1.54, 1.807) is 0 Å². The van der Waals surface area contributed by atoms with Crippen molar-refractivity contribution in [2.24, 2.45) is 0 Å². The first-order valence-electron chi connectivity index (χ1n) is 4.09. The molecule has 0 amide bonds. The molecule has 0 saturated heterocycles. The number of benzene rings is 1. The number of aryl methyl sites for hydroxylation is 1. The third kappa shape index (κ3) is 2.08. The largest absolute Gasteiger partial charge is 0.388 e. The van der Waals surface area contributed by atoms with Gasteiger partial charge in [-0.15, -0.1) is 0 Å². The van der Waals surface area contributed by atoms with E-state index >= 15 is 0 Å². The van der Waals surface area contributed by atoms with E-state index in [-0.39, 0.29) is 6.10 Å². The molecule has 0 fully saturated rings. The van der Waals surface area contributed by atoms with Gasteiger partial charge in [0.15, 0.2) is 0 Å². The number of aliphatic hydroxyl groups is 1. The maximum absolute atomic E-state index is 9.61. The van der Waals surface area contributed by atoms with Gasteiger partial charge in [-0.25, -0.2) is 0 Å². The summed E-state index contributed by atoms with van der Waals surface area (Å²) in [5.74, 6) is 0. The Morgan fingerprint density at radius 1 is 1.50 bits per heavy atom. The van der Waals surface area contributed by atoms with Gasteiger partial charge in [0, 0.05) is 4.47 Å². The van der Waals surface area contributed by atoms with Crippen molar-refractivity contribution < 1.29 is 5.11 Å². The van der Waals surface area contributed by atoms with Crippen LogP contribution in [0.1, 0.15) is 30.6 Å². The quantitative estimate of drug-likeness (QED) is 0.825. The summed E-state index contributed by atoms with van der Waals surface area (Å²) in [4.78, 5) is 0. The van der Waals surface area contributed by atoms with E-state index < -0.39 is 0 Å². The molecule has 1 atom stereocenters. The van der Waals surface area contributed by atoms with Crippen molar-refractivity contribution >= 4 is 15.9 Å². The van der Waals surface area contributed by atoms with Crippen LogP contribution in [-0.2, 0) is 0 Å². The fraction of sp³-hybridized carbons (Fsp3) is 0.400. The van der Waals surface area contributed by atoms with Gasteiger partial charge < -0.3 is 5.11 Å². The summed E-state index contributed by atoms with van der Waals surface area (Å²) in [5, 5.41) is 9.61. The van der Waals surface area contributed by atoms with Crippen molar-refractivity contribution in [3.63, 3.8) is 0 Å². The lowest BCUT2D eigenvalue weighted by Crippen LogP contribution is -1.97. The van der Waals surface area contributed by atoms with Crippen molar-refractivity contribution in [3.8, 4) is 0 Å². The van der Waals surface area contributed by atoms with Crippen LogP contribution in [0.3, 0.4) is 0 Å². The highest BCUT2D eigenvalue weighted by Gasteiger charge is 2.07. The Morgan fingerprint density at radius 3 is 2.75 bits per heavy atom. The van der Waals surface area contributed by atoms with Gasteiger partial charge in [0.25, 0.3) is 0 Å². The van der Waals surface area contributed by atoms with Crippen LogP contribution in [0.2, 0.25) is 0 Å². The zero-order valence-electron chi connectivity index (χ0n) is 7.34. The van der Waals surface area contributed by atoms with Gasteiger partial charge in [-0.2, -0.15) is 0 Å². The van der Waals surface area contributed by atoms with Crippen LogP contribution < -0.4 is 0 Å². The minimum absolute atomic E-state index is 0.331. The van der Waals surface area contributed by atoms with Gasteiger partial charge >= 0.3 is 0 Å². The van der Waals surface area contributed by atoms with Crippen molar-refractivity contribution in [1.82, 2.24) is 0 Å². The first-order valence-corrected chi connectivity index (χ1v) is 4.88. The molecule has 1 rings (SSSR count). The molecule has 1 aromatic carbocycles. The topological polar surface area (TPSA) is 20.2 Å². The van der Waals surface area contributed by atoms with E-state index in [0.29, 0.717) is 0 Å². The fourth-order valence-electron chi connectivity index (χ4n) is 1.19. The highest BCUT2D eigenvalue weighted by molar-refractivity contribution is 9.10. The third-order valence-corrected chi connectivity index (χ3v) is 2.48. The van der Waals surface area contributed by atoms with Crippen LogP contribution in [0, 0.1) is 6.92 Å². The molecule has 0 spiro atoms. The normalized spacial score (nSPS) is 13.0. The van der Waals surface area contributed by atoms with E-state index in [1.807, 2.05) is 32.0 Å². The average molecular weight is 229 g/mol. The predicted octanol–water partition coefficient (Wildman–Crippen LogP) is 3.20. The smallest absolute Gasteiger partial charge is 0.0790 e. The zero-order valence-corrected chi connectivity index (χ0v) is 8.93. The number of halogens is 1. The van der Waals surface area contributed by atoms with Crippen LogP contribution in [0.4, 0.5) is 0 Å². The Hall–Kier alpha value is -0.340. The Kier molecular flexibility index (Phi) is 3.29. The van der Waals surface area contributed by atoms with Crippen LogP contribution in [0.5, 0.6) is 0 Å². The fourth-order valence-corrected chi connectivity index (χ4v) is 1.57. The molecule has 0 radical (unpaired) electrons. The molecule has 1 aromatic rings. The predicted molar refractivity (Wildman–Crippen MR) is 54.1 cm³/mol. The summed E-state index contributed by atoms with van der Waals surface area (Å²) in [5.41, 5.74) is 2.17. The molecular formula is C10H13BrO. The molecule has 1 nitrogen and oxygen atoms in total. The molecule has 0 aliphatic carbocycles. The highest BCUT2D eigenvalue weighted by Crippen LogP contribution is 2.23. The molecule has 2 heteroatoms. The lowest BCUT2D eigenvalue weighted by atomic mass is 10.0. The summed E-state index contributed by atoms with van der Waals surface area (Å²) in [6.45, 7) is 3.99. The van der Waals surface area contributed by atoms with E-state index in [4.69, 9.17) is 0 Å². The second-order valence-electron chi connectivity index (χ2n) is 2.92. The minimum Gasteiger partial charge on any atom is -0.388 e. The Balaban J connectivity index is 3.04. The van der Waals surface area contributed by atoms with Gasteiger partial charge in [0.2, 0.25) is 0 Å². The molecule has 1 N–H and O–H groups in total. The highest BCUT2D eigenvalue weighted by atomic mass is 79.9. The van der Waals surface area contributed by atoms with E-state index in [9.17, 15) is 5.11 Å². The van der Waals surface area contributed by atoms with Crippen LogP contribution in [0.25, 0.3) is 0 Å². The monoisotopic (exact) mass is 228 g/mol. The molecule has 0 unspecified atom stereocenters. The van der Waals surface area contributed by atoms with Crippen molar-refractivity contribution in [3.05, 3.63) is 33.8 Å². The van der Waals surface area contributed by atoms with Gasteiger partial charge in [0.1, 0.15) is 0 Å². The first kappa shape index (κ1) is 9.75. The number of rotatable bonds is 2. The summed E-state index contributed by atoms with van der Waals surface area (Å²) < 4.78 is 1.02. The SMILES string of the molecule is CC[C@@H](O)c1cc(Br)ccc1C. The standard InChI is InChI=1S/C10H13BrO/c1-3-10(12)9-6-8(11)5-4-7(9)2/h4-6,10,12H,3H2,1-2H3/t10-/m1/s1. The van der Waals surface area contributed by atoms with Gasteiger partial charge in [-0.3, -0.25) is 0 Å². The van der Waals surface area contributed by atoms with Crippen LogP contribution >= 0.6 is 15.9 Å². The molecular weight excluding hydrogens is 216 g/mol. The molecule has 12 heavy (non-hydrogen) atoms. The minimum atomic E-state index is -0.331. The lowest BCUT2D eigenvalue weighted by Gasteiger charge is -2.11. The molecule has 0 heterocycles. The second kappa shape index (κ2) is 4.06. The number of aliphatic hydroxyl groups excluding tert-OH is 1. The van der Waals surface area contributed by atoms with Crippen LogP contribution in [0.15, 0.2) is 22.7 Å². The summed E-state index contributed by atoms with van der Waals surface area (Å²) in [7, 11) is 0. The Labute approximate surface area is 81.6 Å². The third-order valence-electron chi connectivity index (χ3n) is 1.99. The summed E-state index contributed by atoms with van der Waals surface area (Å²) in [6.07, 6.45) is 0.430. The van der Waals surface area contributed by atoms with E-state index in [0.717, 1.165) is 22.0 Å². The zero-order chi connectivity index (χ0) is 9.14. The van der Waals surface area contributed by atoms with Crippen molar-refractivity contribution in [1.29, 1.82) is 0 Å². The van der Waals surface area contributed by atoms with Crippen molar-refractivity contribution in [2.45, 2.75) is 26.4 Å². The van der Waals surface area contributed by atoms with Gasteiger partial charge in [0.05, 0.1) is 6.10 Å². The molecule has 0 saturated carbocycles. The average Bonchev–Trinajstić information content (AvgIpc) is 2.08. The van der Waals surface area contributed by atoms with Crippen molar-refractivity contribution in [2.75, 3.05) is 0 Å². The first-order chi connectivity index (χ1) is 5.65. The maximum atomic E-state index is 9.61. The van der Waals surface area contributed by atoms with Gasteiger partial charge in [-0.05, 0) is 36.6 Å².